The highest BCUT2D eigenvalue weighted by molar-refractivity contribution is 9.10. The molecule has 0 radical (unpaired) electrons. The topological polar surface area (TPSA) is 38.3 Å². The maximum atomic E-state index is 11.8. The first-order valence-corrected chi connectivity index (χ1v) is 7.33. The monoisotopic (exact) mass is 325 g/mol. The van der Waals surface area contributed by atoms with Gasteiger partial charge in [-0.15, -0.1) is 0 Å². The van der Waals surface area contributed by atoms with Crippen LogP contribution in [0.1, 0.15) is 39.2 Å². The summed E-state index contributed by atoms with van der Waals surface area (Å²) >= 11 is 3.42. The van der Waals surface area contributed by atoms with E-state index in [2.05, 4.69) is 33.4 Å². The summed E-state index contributed by atoms with van der Waals surface area (Å²) in [6, 6.07) is 8.22. The van der Waals surface area contributed by atoms with Crippen LogP contribution in [0.5, 0.6) is 0 Å². The van der Waals surface area contributed by atoms with Gasteiger partial charge in [0.25, 0.3) is 0 Å². The van der Waals surface area contributed by atoms with E-state index < -0.39 is 5.60 Å². The third kappa shape index (κ3) is 4.53. The maximum Gasteiger partial charge on any atom is 0.408 e. The lowest BCUT2D eigenvalue weighted by atomic mass is 10.0. The molecule has 0 unspecified atom stereocenters. The fraction of sp³-hybridized carbons (Fsp3) is 0.533. The third-order valence-electron chi connectivity index (χ3n) is 3.08. The summed E-state index contributed by atoms with van der Waals surface area (Å²) in [5.41, 5.74) is 0.685. The number of ether oxygens (including phenoxy) is 1. The first-order chi connectivity index (χ1) is 8.78. The number of hydrogen-bond donors (Lipinski definition) is 1. The molecule has 3 nitrogen and oxygen atoms in total. The summed E-state index contributed by atoms with van der Waals surface area (Å²) in [6.07, 6.45) is 2.58. The lowest BCUT2D eigenvalue weighted by molar-refractivity contribution is 0.0496. The van der Waals surface area contributed by atoms with Crippen LogP contribution in [0.3, 0.4) is 0 Å². The van der Waals surface area contributed by atoms with Gasteiger partial charge in [0.05, 0.1) is 0 Å². The van der Waals surface area contributed by atoms with Crippen molar-refractivity contribution in [3.63, 3.8) is 0 Å². The molecule has 1 amide bonds. The van der Waals surface area contributed by atoms with Crippen LogP contribution in [0.15, 0.2) is 28.7 Å². The minimum Gasteiger partial charge on any atom is -0.444 e. The molecular formula is C15H20BrNO2. The van der Waals surface area contributed by atoms with Crippen molar-refractivity contribution in [1.82, 2.24) is 5.32 Å². The van der Waals surface area contributed by atoms with Gasteiger partial charge in [0.2, 0.25) is 0 Å². The zero-order valence-corrected chi connectivity index (χ0v) is 13.2. The van der Waals surface area contributed by atoms with Gasteiger partial charge in [-0.05, 0) is 57.7 Å². The molecule has 0 saturated heterocycles. The average molecular weight is 326 g/mol. The Labute approximate surface area is 122 Å². The van der Waals surface area contributed by atoms with E-state index in [1.54, 1.807) is 0 Å². The number of carbonyl (C=O) groups is 1. The van der Waals surface area contributed by atoms with Gasteiger partial charge >= 0.3 is 6.09 Å². The van der Waals surface area contributed by atoms with Crippen LogP contribution in [0, 0.1) is 0 Å². The lowest BCUT2D eigenvalue weighted by Crippen LogP contribution is -2.41. The minimum absolute atomic E-state index is 0.101. The zero-order valence-electron chi connectivity index (χ0n) is 11.6. The Hall–Kier alpha value is -1.03. The lowest BCUT2D eigenvalue weighted by Gasteiger charge is -2.23. The Bertz CT molecular complexity index is 458. The molecule has 0 atom stereocenters. The fourth-order valence-electron chi connectivity index (χ4n) is 2.01. The van der Waals surface area contributed by atoms with Crippen LogP contribution in [-0.2, 0) is 11.2 Å². The van der Waals surface area contributed by atoms with E-state index in [9.17, 15) is 4.79 Å². The van der Waals surface area contributed by atoms with Gasteiger partial charge in [0.15, 0.2) is 0 Å². The first kappa shape index (κ1) is 14.4. The van der Waals surface area contributed by atoms with Gasteiger partial charge in [0, 0.05) is 10.0 Å². The molecule has 1 fully saturated rings. The van der Waals surface area contributed by atoms with Crippen molar-refractivity contribution in [2.75, 3.05) is 0 Å². The van der Waals surface area contributed by atoms with E-state index in [-0.39, 0.29) is 11.6 Å². The molecule has 0 spiro atoms. The molecule has 1 saturated carbocycles. The Kier molecular flexibility index (Phi) is 3.90. The average Bonchev–Trinajstić information content (AvgIpc) is 2.98. The van der Waals surface area contributed by atoms with Crippen LogP contribution in [-0.4, -0.2) is 17.2 Å². The number of amides is 1. The second kappa shape index (κ2) is 5.16. The molecule has 2 rings (SSSR count). The predicted octanol–water partition coefficient (Wildman–Crippen LogP) is 4.05. The van der Waals surface area contributed by atoms with Crippen molar-refractivity contribution in [2.24, 2.45) is 0 Å². The Morgan fingerprint density at radius 1 is 1.32 bits per heavy atom. The molecule has 104 valence electrons. The zero-order chi connectivity index (χ0) is 14.1. The summed E-state index contributed by atoms with van der Waals surface area (Å²) < 4.78 is 6.38. The molecule has 0 heterocycles. The smallest absolute Gasteiger partial charge is 0.408 e. The summed E-state index contributed by atoms with van der Waals surface area (Å²) in [5.74, 6) is 0. The molecule has 19 heavy (non-hydrogen) atoms. The number of rotatable bonds is 3. The van der Waals surface area contributed by atoms with Crippen molar-refractivity contribution >= 4 is 22.0 Å². The van der Waals surface area contributed by atoms with Gasteiger partial charge in [-0.2, -0.15) is 0 Å². The molecule has 1 aliphatic carbocycles. The van der Waals surface area contributed by atoms with Gasteiger partial charge in [-0.1, -0.05) is 28.1 Å². The van der Waals surface area contributed by atoms with Gasteiger partial charge in [-0.3, -0.25) is 0 Å². The SMILES string of the molecule is CC(C)(C)OC(=O)NC1(Cc2ccc(Br)cc2)CC1. The molecule has 1 aliphatic rings. The van der Waals surface area contributed by atoms with E-state index in [1.165, 1.54) is 5.56 Å². The first-order valence-electron chi connectivity index (χ1n) is 6.54. The number of alkyl carbamates (subject to hydrolysis) is 1. The third-order valence-corrected chi connectivity index (χ3v) is 3.60. The Morgan fingerprint density at radius 3 is 2.37 bits per heavy atom. The highest BCUT2D eigenvalue weighted by Gasteiger charge is 2.44. The van der Waals surface area contributed by atoms with Crippen molar-refractivity contribution < 1.29 is 9.53 Å². The quantitative estimate of drug-likeness (QED) is 0.910. The summed E-state index contributed by atoms with van der Waals surface area (Å²) in [5, 5.41) is 3.01. The highest BCUT2D eigenvalue weighted by atomic mass is 79.9. The van der Waals surface area contributed by atoms with E-state index >= 15 is 0 Å². The molecule has 0 aromatic heterocycles. The second-order valence-corrected chi connectivity index (χ2v) is 7.13. The van der Waals surface area contributed by atoms with Crippen LogP contribution < -0.4 is 5.32 Å². The number of carbonyl (C=O) groups excluding carboxylic acids is 1. The molecule has 0 bridgehead atoms. The minimum atomic E-state index is -0.447. The summed E-state index contributed by atoms with van der Waals surface area (Å²) in [7, 11) is 0. The van der Waals surface area contributed by atoms with E-state index in [1.807, 2.05) is 32.9 Å². The molecular weight excluding hydrogens is 306 g/mol. The standard InChI is InChI=1S/C15H20BrNO2/c1-14(2,3)19-13(18)17-15(8-9-15)10-11-4-6-12(16)7-5-11/h4-7H,8-10H2,1-3H3,(H,17,18). The summed E-state index contributed by atoms with van der Waals surface area (Å²) in [4.78, 5) is 11.8. The van der Waals surface area contributed by atoms with Crippen LogP contribution in [0.2, 0.25) is 0 Å². The second-order valence-electron chi connectivity index (χ2n) is 6.21. The van der Waals surface area contributed by atoms with Gasteiger partial charge < -0.3 is 10.1 Å². The van der Waals surface area contributed by atoms with Crippen LogP contribution in [0.4, 0.5) is 4.79 Å². The van der Waals surface area contributed by atoms with E-state index in [0.717, 1.165) is 23.7 Å². The normalized spacial score (nSPS) is 16.8. The molecule has 4 heteroatoms. The van der Waals surface area contributed by atoms with E-state index in [4.69, 9.17) is 4.74 Å². The van der Waals surface area contributed by atoms with Crippen LogP contribution >= 0.6 is 15.9 Å². The van der Waals surface area contributed by atoms with Crippen molar-refractivity contribution in [1.29, 1.82) is 0 Å². The van der Waals surface area contributed by atoms with Gasteiger partial charge in [0.1, 0.15) is 5.60 Å². The molecule has 0 aliphatic heterocycles. The van der Waals surface area contributed by atoms with Crippen molar-refractivity contribution in [2.45, 2.75) is 51.2 Å². The van der Waals surface area contributed by atoms with Crippen molar-refractivity contribution in [3.05, 3.63) is 34.3 Å². The Morgan fingerprint density at radius 2 is 1.89 bits per heavy atom. The molecule has 1 aromatic carbocycles. The fourth-order valence-corrected chi connectivity index (χ4v) is 2.27. The number of benzene rings is 1. The van der Waals surface area contributed by atoms with Gasteiger partial charge in [-0.25, -0.2) is 4.79 Å². The summed E-state index contributed by atoms with van der Waals surface area (Å²) in [6.45, 7) is 5.63. The maximum absolute atomic E-state index is 11.8. The molecule has 1 N–H and O–H groups in total. The predicted molar refractivity (Wildman–Crippen MR) is 79.2 cm³/mol. The highest BCUT2D eigenvalue weighted by Crippen LogP contribution is 2.39. The number of nitrogens with one attached hydrogen (secondary N) is 1. The van der Waals surface area contributed by atoms with Crippen molar-refractivity contribution in [3.8, 4) is 0 Å². The van der Waals surface area contributed by atoms with E-state index in [0.29, 0.717) is 0 Å². The number of halogens is 1. The molecule has 1 aromatic rings. The number of hydrogen-bond acceptors (Lipinski definition) is 2. The Balaban J connectivity index is 1.93. The van der Waals surface area contributed by atoms with Crippen LogP contribution in [0.25, 0.3) is 0 Å². The largest absolute Gasteiger partial charge is 0.444 e.